The molecule has 0 amide bonds. The first-order valence-electron chi connectivity index (χ1n) is 6.21. The summed E-state index contributed by atoms with van der Waals surface area (Å²) < 4.78 is 0. The quantitative estimate of drug-likeness (QED) is 0.654. The van der Waals surface area contributed by atoms with E-state index in [0.29, 0.717) is 6.54 Å². The lowest BCUT2D eigenvalue weighted by atomic mass is 10.2. The molecule has 1 aromatic heterocycles. The normalized spacial score (nSPS) is 10.3. The first-order valence-corrected chi connectivity index (χ1v) is 7.16. The number of nitrogens with zero attached hydrogens (tertiary/aromatic N) is 3. The van der Waals surface area contributed by atoms with Crippen LogP contribution in [0.1, 0.15) is 12.6 Å². The lowest BCUT2D eigenvalue weighted by Crippen LogP contribution is -2.17. The average Bonchev–Trinajstić information content (AvgIpc) is 2.91. The zero-order valence-corrected chi connectivity index (χ0v) is 12.2. The van der Waals surface area contributed by atoms with Gasteiger partial charge in [-0.25, -0.2) is 4.98 Å². The van der Waals surface area contributed by atoms with Gasteiger partial charge >= 0.3 is 0 Å². The number of nitro groups is 1. The van der Waals surface area contributed by atoms with E-state index in [4.69, 9.17) is 0 Å². The van der Waals surface area contributed by atoms with Gasteiger partial charge in [-0.1, -0.05) is 0 Å². The van der Waals surface area contributed by atoms with Crippen molar-refractivity contribution in [2.75, 3.05) is 23.8 Å². The molecule has 20 heavy (non-hydrogen) atoms. The number of nitrogens with one attached hydrogen (secondary N) is 1. The third-order valence-corrected chi connectivity index (χ3v) is 3.45. The van der Waals surface area contributed by atoms with Crippen molar-refractivity contribution in [2.24, 2.45) is 0 Å². The summed E-state index contributed by atoms with van der Waals surface area (Å²) >= 11 is 1.54. The van der Waals surface area contributed by atoms with Gasteiger partial charge in [0.1, 0.15) is 0 Å². The van der Waals surface area contributed by atoms with E-state index in [1.165, 1.54) is 11.3 Å². The highest BCUT2D eigenvalue weighted by Crippen LogP contribution is 2.27. The molecular weight excluding hydrogens is 276 g/mol. The molecule has 0 saturated carbocycles. The Balaban J connectivity index is 2.26. The van der Waals surface area contributed by atoms with Crippen LogP contribution in [0.25, 0.3) is 0 Å². The second-order valence-electron chi connectivity index (χ2n) is 4.36. The van der Waals surface area contributed by atoms with Crippen molar-refractivity contribution in [3.05, 3.63) is 44.9 Å². The Morgan fingerprint density at radius 2 is 2.25 bits per heavy atom. The number of rotatable bonds is 6. The van der Waals surface area contributed by atoms with Gasteiger partial charge in [0.15, 0.2) is 0 Å². The maximum atomic E-state index is 11.0. The molecule has 0 unspecified atom stereocenters. The predicted molar refractivity (Wildman–Crippen MR) is 81.5 cm³/mol. The van der Waals surface area contributed by atoms with Gasteiger partial charge in [0.2, 0.25) is 0 Å². The van der Waals surface area contributed by atoms with Crippen molar-refractivity contribution in [3.8, 4) is 0 Å². The smallest absolute Gasteiger partial charge is 0.273 e. The molecule has 0 aliphatic rings. The van der Waals surface area contributed by atoms with Gasteiger partial charge in [0.05, 0.1) is 22.7 Å². The van der Waals surface area contributed by atoms with Gasteiger partial charge in [-0.3, -0.25) is 10.1 Å². The van der Waals surface area contributed by atoms with Gasteiger partial charge in [-0.15, -0.1) is 11.3 Å². The minimum Gasteiger partial charge on any atom is -0.385 e. The highest BCUT2D eigenvalue weighted by Gasteiger charge is 2.12. The Morgan fingerprint density at radius 3 is 2.85 bits per heavy atom. The lowest BCUT2D eigenvalue weighted by molar-refractivity contribution is -0.384. The molecule has 0 bridgehead atoms. The van der Waals surface area contributed by atoms with Crippen LogP contribution >= 0.6 is 11.3 Å². The molecule has 0 aliphatic carbocycles. The molecule has 0 aliphatic heterocycles. The van der Waals surface area contributed by atoms with E-state index in [0.717, 1.165) is 23.6 Å². The van der Waals surface area contributed by atoms with E-state index in [2.05, 4.69) is 10.3 Å². The summed E-state index contributed by atoms with van der Waals surface area (Å²) in [7, 11) is 1.90. The van der Waals surface area contributed by atoms with Crippen LogP contribution in [-0.4, -0.2) is 23.5 Å². The Hall–Kier alpha value is -2.15. The fourth-order valence-corrected chi connectivity index (χ4v) is 2.43. The number of anilines is 2. The molecule has 7 heteroatoms. The number of aromatic nitrogens is 1. The Labute approximate surface area is 121 Å². The summed E-state index contributed by atoms with van der Waals surface area (Å²) in [6.45, 7) is 3.30. The molecular formula is C13H16N4O2S. The van der Waals surface area contributed by atoms with Crippen molar-refractivity contribution in [1.82, 2.24) is 4.98 Å². The molecule has 0 atom stereocenters. The third kappa shape index (κ3) is 3.45. The highest BCUT2D eigenvalue weighted by molar-refractivity contribution is 7.07. The van der Waals surface area contributed by atoms with Crippen LogP contribution in [-0.2, 0) is 6.54 Å². The number of non-ortho nitro benzene ring substituents is 1. The number of nitro benzene ring substituents is 1. The van der Waals surface area contributed by atoms with Crippen molar-refractivity contribution in [1.29, 1.82) is 0 Å². The SMILES string of the molecule is CCNc1cc(N(C)Cc2cscn2)cc([N+](=O)[O-])c1. The molecule has 106 valence electrons. The number of hydrogen-bond donors (Lipinski definition) is 1. The van der Waals surface area contributed by atoms with E-state index >= 15 is 0 Å². The van der Waals surface area contributed by atoms with Gasteiger partial charge < -0.3 is 10.2 Å². The van der Waals surface area contributed by atoms with E-state index in [1.54, 1.807) is 17.6 Å². The standard InChI is InChI=1S/C13H16N4O2S/c1-3-14-10-4-12(6-13(5-10)17(18)19)16(2)7-11-8-20-9-15-11/h4-6,8-9,14H,3,7H2,1-2H3. The van der Waals surface area contributed by atoms with Crippen molar-refractivity contribution in [2.45, 2.75) is 13.5 Å². The maximum absolute atomic E-state index is 11.0. The Morgan fingerprint density at radius 1 is 1.45 bits per heavy atom. The summed E-state index contributed by atoms with van der Waals surface area (Å²) in [4.78, 5) is 16.8. The van der Waals surface area contributed by atoms with Crippen LogP contribution in [0.3, 0.4) is 0 Å². The summed E-state index contributed by atoms with van der Waals surface area (Å²) in [5.74, 6) is 0. The lowest BCUT2D eigenvalue weighted by Gasteiger charge is -2.19. The van der Waals surface area contributed by atoms with Crippen LogP contribution in [0, 0.1) is 10.1 Å². The summed E-state index contributed by atoms with van der Waals surface area (Å²) in [6, 6.07) is 5.03. The molecule has 1 N–H and O–H groups in total. The molecule has 6 nitrogen and oxygen atoms in total. The third-order valence-electron chi connectivity index (χ3n) is 2.82. The number of hydrogen-bond acceptors (Lipinski definition) is 6. The Bertz CT molecular complexity index is 586. The van der Waals surface area contributed by atoms with Crippen LogP contribution < -0.4 is 10.2 Å². The van der Waals surface area contributed by atoms with Gasteiger partial charge in [-0.2, -0.15) is 0 Å². The van der Waals surface area contributed by atoms with Crippen LogP contribution in [0.5, 0.6) is 0 Å². The summed E-state index contributed by atoms with van der Waals surface area (Å²) in [5, 5.41) is 16.1. The molecule has 0 spiro atoms. The molecule has 1 aromatic carbocycles. The monoisotopic (exact) mass is 292 g/mol. The predicted octanol–water partition coefficient (Wildman–Crippen LogP) is 3.12. The van der Waals surface area contributed by atoms with Gasteiger partial charge in [-0.05, 0) is 13.0 Å². The fourth-order valence-electron chi connectivity index (χ4n) is 1.88. The number of benzene rings is 1. The van der Waals surface area contributed by atoms with Crippen LogP contribution in [0.2, 0.25) is 0 Å². The maximum Gasteiger partial charge on any atom is 0.273 e. The zero-order chi connectivity index (χ0) is 14.5. The first kappa shape index (κ1) is 14.3. The van der Waals surface area contributed by atoms with Crippen LogP contribution in [0.4, 0.5) is 17.1 Å². The van der Waals surface area contributed by atoms with E-state index < -0.39 is 0 Å². The van der Waals surface area contributed by atoms with E-state index in [9.17, 15) is 10.1 Å². The second kappa shape index (κ2) is 6.33. The summed E-state index contributed by atoms with van der Waals surface area (Å²) in [6.07, 6.45) is 0. The van der Waals surface area contributed by atoms with Crippen LogP contribution in [0.15, 0.2) is 29.1 Å². The zero-order valence-electron chi connectivity index (χ0n) is 11.4. The first-order chi connectivity index (χ1) is 9.60. The minimum atomic E-state index is -0.374. The molecule has 0 saturated heterocycles. The van der Waals surface area contributed by atoms with Crippen molar-refractivity contribution in [3.63, 3.8) is 0 Å². The molecule has 2 aromatic rings. The van der Waals surface area contributed by atoms with Gasteiger partial charge in [0.25, 0.3) is 5.69 Å². The molecule has 0 fully saturated rings. The van der Waals surface area contributed by atoms with E-state index in [-0.39, 0.29) is 10.6 Å². The van der Waals surface area contributed by atoms with Crippen molar-refractivity contribution < 1.29 is 4.92 Å². The van der Waals surface area contributed by atoms with E-state index in [1.807, 2.05) is 30.3 Å². The topological polar surface area (TPSA) is 71.3 Å². The summed E-state index contributed by atoms with van der Waals surface area (Å²) in [5.41, 5.74) is 4.36. The fraction of sp³-hybridized carbons (Fsp3) is 0.308. The minimum absolute atomic E-state index is 0.0866. The Kier molecular flexibility index (Phi) is 4.52. The molecule has 1 heterocycles. The largest absolute Gasteiger partial charge is 0.385 e. The highest BCUT2D eigenvalue weighted by atomic mass is 32.1. The average molecular weight is 292 g/mol. The second-order valence-corrected chi connectivity index (χ2v) is 5.08. The van der Waals surface area contributed by atoms with Crippen molar-refractivity contribution >= 4 is 28.4 Å². The molecule has 2 rings (SSSR count). The number of thiazole rings is 1. The molecule has 0 radical (unpaired) electrons. The van der Waals surface area contributed by atoms with Gasteiger partial charge in [0, 0.05) is 42.5 Å².